The Kier molecular flexibility index (Phi) is 3.63. The highest BCUT2D eigenvalue weighted by Crippen LogP contribution is 2.34. The Morgan fingerprint density at radius 1 is 1.48 bits per heavy atom. The Bertz CT molecular complexity index is 575. The van der Waals surface area contributed by atoms with Crippen molar-refractivity contribution >= 4 is 11.6 Å². The average Bonchev–Trinajstić information content (AvgIpc) is 3.09. The van der Waals surface area contributed by atoms with Gasteiger partial charge in [0.25, 0.3) is 5.69 Å². The smallest absolute Gasteiger partial charge is 0.269 e. The van der Waals surface area contributed by atoms with Crippen molar-refractivity contribution in [2.24, 2.45) is 5.92 Å². The van der Waals surface area contributed by atoms with Crippen LogP contribution >= 0.6 is 0 Å². The van der Waals surface area contributed by atoms with E-state index in [0.29, 0.717) is 18.6 Å². The molecule has 2 bridgehead atoms. The van der Waals surface area contributed by atoms with Gasteiger partial charge in [-0.2, -0.15) is 0 Å². The molecule has 2 fully saturated rings. The molecule has 1 amide bonds. The first-order chi connectivity index (χ1) is 10.0. The summed E-state index contributed by atoms with van der Waals surface area (Å²) in [6.45, 7) is 0.411. The van der Waals surface area contributed by atoms with Crippen LogP contribution in [-0.4, -0.2) is 34.9 Å². The second kappa shape index (κ2) is 5.44. The van der Waals surface area contributed by atoms with Crippen LogP contribution in [-0.2, 0) is 11.3 Å². The lowest BCUT2D eigenvalue weighted by atomic mass is 9.88. The van der Waals surface area contributed by atoms with E-state index in [1.54, 1.807) is 18.0 Å². The van der Waals surface area contributed by atoms with Gasteiger partial charge in [0.15, 0.2) is 0 Å². The molecule has 2 saturated heterocycles. The summed E-state index contributed by atoms with van der Waals surface area (Å²) in [6, 6.07) is 7.28. The molecule has 0 aliphatic carbocycles. The number of nitrogens with zero attached hydrogens (tertiary/aromatic N) is 2. The lowest BCUT2D eigenvalue weighted by Crippen LogP contribution is -2.38. The van der Waals surface area contributed by atoms with Crippen LogP contribution in [0.1, 0.15) is 24.8 Å². The molecule has 3 atom stereocenters. The van der Waals surface area contributed by atoms with Crippen molar-refractivity contribution in [1.29, 1.82) is 0 Å². The molecular weight excluding hydrogens is 270 g/mol. The molecule has 2 aliphatic heterocycles. The molecule has 6 nitrogen and oxygen atoms in total. The van der Waals surface area contributed by atoms with Crippen molar-refractivity contribution in [2.45, 2.75) is 37.9 Å². The molecule has 1 aromatic carbocycles. The molecular formula is C15H19N3O3. The number of nitro groups is 1. The van der Waals surface area contributed by atoms with Gasteiger partial charge in [-0.3, -0.25) is 14.9 Å². The fourth-order valence-electron chi connectivity index (χ4n) is 3.50. The van der Waals surface area contributed by atoms with Gasteiger partial charge >= 0.3 is 0 Å². The Balaban J connectivity index is 1.66. The molecule has 3 rings (SSSR count). The minimum Gasteiger partial charge on any atom is -0.341 e. The molecule has 6 heteroatoms. The first-order valence-corrected chi connectivity index (χ1v) is 7.29. The van der Waals surface area contributed by atoms with Crippen molar-refractivity contribution in [3.05, 3.63) is 39.9 Å². The van der Waals surface area contributed by atoms with E-state index >= 15 is 0 Å². The van der Waals surface area contributed by atoms with E-state index in [0.717, 1.165) is 18.4 Å². The van der Waals surface area contributed by atoms with Gasteiger partial charge in [0.2, 0.25) is 5.91 Å². The summed E-state index contributed by atoms with van der Waals surface area (Å²) in [6.07, 6.45) is 3.16. The fraction of sp³-hybridized carbons (Fsp3) is 0.533. The van der Waals surface area contributed by atoms with Gasteiger partial charge in [0.05, 0.1) is 10.8 Å². The Labute approximate surface area is 123 Å². The molecule has 0 radical (unpaired) electrons. The minimum absolute atomic E-state index is 0.0625. The zero-order valence-corrected chi connectivity index (χ0v) is 12.0. The number of nitrogens with one attached hydrogen (secondary N) is 1. The second-order valence-corrected chi connectivity index (χ2v) is 6.01. The van der Waals surface area contributed by atoms with Gasteiger partial charge in [-0.25, -0.2) is 0 Å². The number of nitro benzene ring substituents is 1. The van der Waals surface area contributed by atoms with Crippen LogP contribution in [0.3, 0.4) is 0 Å². The molecule has 2 heterocycles. The molecule has 21 heavy (non-hydrogen) atoms. The van der Waals surface area contributed by atoms with E-state index in [1.165, 1.54) is 18.6 Å². The highest BCUT2D eigenvalue weighted by molar-refractivity contribution is 5.80. The van der Waals surface area contributed by atoms with Gasteiger partial charge in [0.1, 0.15) is 0 Å². The molecule has 112 valence electrons. The topological polar surface area (TPSA) is 75.5 Å². The lowest BCUT2D eigenvalue weighted by Gasteiger charge is -2.25. The van der Waals surface area contributed by atoms with Gasteiger partial charge in [-0.05, 0) is 24.8 Å². The quantitative estimate of drug-likeness (QED) is 0.676. The number of hydrogen-bond donors (Lipinski definition) is 1. The van der Waals surface area contributed by atoms with Crippen LogP contribution < -0.4 is 5.32 Å². The minimum atomic E-state index is -0.412. The van der Waals surface area contributed by atoms with Crippen molar-refractivity contribution in [2.75, 3.05) is 7.05 Å². The Morgan fingerprint density at radius 3 is 2.90 bits per heavy atom. The number of hydrogen-bond acceptors (Lipinski definition) is 4. The zero-order valence-electron chi connectivity index (χ0n) is 12.0. The molecule has 0 aromatic heterocycles. The number of rotatable bonds is 4. The number of non-ortho nitro benzene ring substituents is 1. The van der Waals surface area contributed by atoms with Gasteiger partial charge in [-0.15, -0.1) is 0 Å². The normalized spacial score (nSPS) is 26.8. The molecule has 2 aliphatic rings. The third-order valence-electron chi connectivity index (χ3n) is 4.53. The van der Waals surface area contributed by atoms with Crippen LogP contribution in [0.5, 0.6) is 0 Å². The summed E-state index contributed by atoms with van der Waals surface area (Å²) in [4.78, 5) is 24.6. The number of fused-ring (bicyclic) bond motifs is 2. The average molecular weight is 289 g/mol. The van der Waals surface area contributed by atoms with E-state index in [2.05, 4.69) is 5.32 Å². The van der Waals surface area contributed by atoms with Crippen LogP contribution in [0.4, 0.5) is 5.69 Å². The predicted molar refractivity (Wildman–Crippen MR) is 77.6 cm³/mol. The summed E-state index contributed by atoms with van der Waals surface area (Å²) < 4.78 is 0. The van der Waals surface area contributed by atoms with E-state index in [9.17, 15) is 14.9 Å². The molecule has 1 aromatic rings. The van der Waals surface area contributed by atoms with Crippen molar-refractivity contribution in [3.8, 4) is 0 Å². The van der Waals surface area contributed by atoms with Gasteiger partial charge < -0.3 is 10.2 Å². The SMILES string of the molecule is CN(Cc1cccc([N+](=O)[O-])c1)C(=O)C1CC2CCC1N2. The van der Waals surface area contributed by atoms with Crippen LogP contribution in [0.25, 0.3) is 0 Å². The van der Waals surface area contributed by atoms with Gasteiger partial charge in [-0.1, -0.05) is 12.1 Å². The maximum atomic E-state index is 12.5. The largest absolute Gasteiger partial charge is 0.341 e. The fourth-order valence-corrected chi connectivity index (χ4v) is 3.50. The lowest BCUT2D eigenvalue weighted by molar-refractivity contribution is -0.384. The highest BCUT2D eigenvalue weighted by Gasteiger charge is 2.43. The summed E-state index contributed by atoms with van der Waals surface area (Å²) in [5.74, 6) is 0.202. The third kappa shape index (κ3) is 2.76. The third-order valence-corrected chi connectivity index (χ3v) is 4.53. The Hall–Kier alpha value is -1.95. The number of carbonyl (C=O) groups is 1. The van der Waals surface area contributed by atoms with E-state index in [1.807, 2.05) is 6.07 Å². The molecule has 0 spiro atoms. The summed E-state index contributed by atoms with van der Waals surface area (Å²) in [7, 11) is 1.77. The van der Waals surface area contributed by atoms with Crippen LogP contribution in [0, 0.1) is 16.0 Å². The maximum absolute atomic E-state index is 12.5. The van der Waals surface area contributed by atoms with E-state index in [-0.39, 0.29) is 17.5 Å². The number of carbonyl (C=O) groups excluding carboxylic acids is 1. The summed E-state index contributed by atoms with van der Waals surface area (Å²) >= 11 is 0. The first kappa shape index (κ1) is 14.0. The summed E-state index contributed by atoms with van der Waals surface area (Å²) in [5.41, 5.74) is 0.853. The standard InChI is InChI=1S/C15H19N3O3/c1-17(9-10-3-2-4-12(7-10)18(20)21)15(19)13-8-11-5-6-14(13)16-11/h2-4,7,11,13-14,16H,5-6,8-9H2,1H3. The first-order valence-electron chi connectivity index (χ1n) is 7.29. The zero-order chi connectivity index (χ0) is 15.0. The predicted octanol–water partition coefficient (Wildman–Crippen LogP) is 1.69. The monoisotopic (exact) mass is 289 g/mol. The second-order valence-electron chi connectivity index (χ2n) is 6.01. The summed E-state index contributed by atoms with van der Waals surface area (Å²) in [5, 5.41) is 14.3. The van der Waals surface area contributed by atoms with Crippen molar-refractivity contribution in [1.82, 2.24) is 10.2 Å². The highest BCUT2D eigenvalue weighted by atomic mass is 16.6. The maximum Gasteiger partial charge on any atom is 0.269 e. The molecule has 1 N–H and O–H groups in total. The van der Waals surface area contributed by atoms with E-state index in [4.69, 9.17) is 0 Å². The number of amides is 1. The van der Waals surface area contributed by atoms with Crippen molar-refractivity contribution in [3.63, 3.8) is 0 Å². The van der Waals surface area contributed by atoms with Crippen molar-refractivity contribution < 1.29 is 9.72 Å². The molecule has 0 saturated carbocycles. The van der Waals surface area contributed by atoms with E-state index < -0.39 is 4.92 Å². The van der Waals surface area contributed by atoms with Gasteiger partial charge in [0, 0.05) is 37.8 Å². The molecule has 3 unspecified atom stereocenters. The Morgan fingerprint density at radius 2 is 2.29 bits per heavy atom. The van der Waals surface area contributed by atoms with Crippen LogP contribution in [0.2, 0.25) is 0 Å². The van der Waals surface area contributed by atoms with Crippen LogP contribution in [0.15, 0.2) is 24.3 Å². The number of benzene rings is 1.